The number of carboxylic acid groups (broad SMARTS) is 1. The molecule has 2 atom stereocenters. The molecule has 3 N–H and O–H groups in total. The van der Waals surface area contributed by atoms with Crippen molar-refractivity contribution in [3.8, 4) is 17.0 Å². The zero-order valence-corrected chi connectivity index (χ0v) is 22.5. The smallest absolute Gasteiger partial charge is 0.413 e. The van der Waals surface area contributed by atoms with Gasteiger partial charge in [0.05, 0.1) is 17.6 Å². The molecule has 3 heterocycles. The molecule has 1 saturated carbocycles. The molecule has 1 aromatic carbocycles. The Bertz CT molecular complexity index is 1520. The monoisotopic (exact) mass is 571 g/mol. The summed E-state index contributed by atoms with van der Waals surface area (Å²) in [6.45, 7) is 3.34. The number of hydrogen-bond donors (Lipinski definition) is 3. The summed E-state index contributed by atoms with van der Waals surface area (Å²) < 4.78 is 26.6. The third-order valence-electron chi connectivity index (χ3n) is 7.10. The lowest BCUT2D eigenvalue weighted by atomic mass is 9.92. The third-order valence-corrected chi connectivity index (χ3v) is 7.47. The van der Waals surface area contributed by atoms with Crippen molar-refractivity contribution >= 4 is 52.0 Å². The van der Waals surface area contributed by atoms with Crippen molar-refractivity contribution in [3.63, 3.8) is 0 Å². The number of nitrogens with one attached hydrogen (secondary N) is 2. The maximum Gasteiger partial charge on any atom is 0.413 e. The van der Waals surface area contributed by atoms with Crippen LogP contribution in [0.25, 0.3) is 21.9 Å². The van der Waals surface area contributed by atoms with Crippen molar-refractivity contribution in [2.45, 2.75) is 51.7 Å². The Morgan fingerprint density at radius 2 is 1.95 bits per heavy atom. The lowest BCUT2D eigenvalue weighted by Crippen LogP contribution is -2.46. The zero-order chi connectivity index (χ0) is 28.6. The van der Waals surface area contributed by atoms with Crippen LogP contribution >= 0.6 is 11.6 Å². The first kappa shape index (κ1) is 27.4. The van der Waals surface area contributed by atoms with Gasteiger partial charge < -0.3 is 19.9 Å². The Hall–Kier alpha value is -4.19. The van der Waals surface area contributed by atoms with Crippen molar-refractivity contribution in [2.24, 2.45) is 0 Å². The molecular formula is C27H27ClFN5O6. The molecule has 3 aromatic rings. The molecule has 0 unspecified atom stereocenters. The molecule has 0 radical (unpaired) electrons. The second-order valence-electron chi connectivity index (χ2n) is 9.74. The Morgan fingerprint density at radius 3 is 2.70 bits per heavy atom. The highest BCUT2D eigenvalue weighted by Gasteiger charge is 2.30. The molecule has 1 aliphatic heterocycles. The van der Waals surface area contributed by atoms with Crippen molar-refractivity contribution in [1.29, 1.82) is 0 Å². The van der Waals surface area contributed by atoms with Gasteiger partial charge in [-0.1, -0.05) is 18.0 Å². The minimum atomic E-state index is -1.17. The number of nitrogens with zero attached hydrogens (tertiary/aromatic N) is 3. The number of carbonyl (C=O) groups excluding carboxylic acids is 2. The van der Waals surface area contributed by atoms with Crippen LogP contribution in [0.4, 0.5) is 25.5 Å². The maximum absolute atomic E-state index is 15.5. The van der Waals surface area contributed by atoms with E-state index in [4.69, 9.17) is 21.1 Å². The zero-order valence-electron chi connectivity index (χ0n) is 21.8. The predicted molar refractivity (Wildman–Crippen MR) is 146 cm³/mol. The minimum Gasteiger partial charge on any atom is -0.474 e. The fourth-order valence-electron chi connectivity index (χ4n) is 5.23. The molecule has 2 aliphatic rings. The van der Waals surface area contributed by atoms with Crippen molar-refractivity contribution in [3.05, 3.63) is 40.9 Å². The van der Waals surface area contributed by atoms with Gasteiger partial charge in [-0.25, -0.2) is 23.9 Å². The highest BCUT2D eigenvalue weighted by molar-refractivity contribution is 6.36. The van der Waals surface area contributed by atoms with Crippen LogP contribution in [0.5, 0.6) is 5.88 Å². The second kappa shape index (κ2) is 11.1. The van der Waals surface area contributed by atoms with Gasteiger partial charge >= 0.3 is 12.2 Å². The van der Waals surface area contributed by atoms with E-state index in [1.165, 1.54) is 31.5 Å². The number of rotatable bonds is 4. The maximum atomic E-state index is 15.5. The van der Waals surface area contributed by atoms with E-state index >= 15 is 4.39 Å². The van der Waals surface area contributed by atoms with Crippen LogP contribution < -0.4 is 20.3 Å². The third kappa shape index (κ3) is 5.31. The van der Waals surface area contributed by atoms with Crippen molar-refractivity contribution < 1.29 is 33.4 Å². The van der Waals surface area contributed by atoms with Gasteiger partial charge in [-0.3, -0.25) is 15.0 Å². The number of fused-ring (bicyclic) bond motifs is 2. The fourth-order valence-corrected chi connectivity index (χ4v) is 5.49. The van der Waals surface area contributed by atoms with Crippen LogP contribution in [0.3, 0.4) is 0 Å². The number of carbonyl (C=O) groups is 3. The molecule has 1 aliphatic carbocycles. The van der Waals surface area contributed by atoms with Crippen molar-refractivity contribution in [2.75, 3.05) is 23.4 Å². The number of amides is 3. The number of halogens is 2. The van der Waals surface area contributed by atoms with E-state index in [0.29, 0.717) is 34.7 Å². The number of aromatic nitrogens is 2. The molecule has 2 aromatic heterocycles. The van der Waals surface area contributed by atoms with Crippen LogP contribution in [0, 0.1) is 12.7 Å². The van der Waals surface area contributed by atoms with Crippen LogP contribution in [-0.4, -0.2) is 58.5 Å². The average Bonchev–Trinajstić information content (AvgIpc) is 2.91. The molecule has 40 heavy (non-hydrogen) atoms. The van der Waals surface area contributed by atoms with Gasteiger partial charge in [-0.05, 0) is 49.3 Å². The molecule has 0 spiro atoms. The van der Waals surface area contributed by atoms with Crippen molar-refractivity contribution in [1.82, 2.24) is 15.3 Å². The van der Waals surface area contributed by atoms with Gasteiger partial charge in [0.2, 0.25) is 11.8 Å². The van der Waals surface area contributed by atoms with E-state index in [-0.39, 0.29) is 53.1 Å². The van der Waals surface area contributed by atoms with Crippen LogP contribution in [0.1, 0.15) is 38.2 Å². The van der Waals surface area contributed by atoms with Gasteiger partial charge in [0.25, 0.3) is 0 Å². The van der Waals surface area contributed by atoms with E-state index in [2.05, 4.69) is 20.6 Å². The molecule has 11 nitrogen and oxygen atoms in total. The SMILES string of the molecule is CC(=O)N[C@@H]1CCCC[C@H]1OC(=O)Nc1cc2cc(-c3cnc4c(c3C)N(C(=O)O)CCO4)c(F)c(Cl)c2cn1. The largest absolute Gasteiger partial charge is 0.474 e. The summed E-state index contributed by atoms with van der Waals surface area (Å²) in [6, 6.07) is 2.81. The lowest BCUT2D eigenvalue weighted by molar-refractivity contribution is -0.120. The summed E-state index contributed by atoms with van der Waals surface area (Å²) in [5.74, 6) is -0.607. The molecule has 1 fully saturated rings. The first-order valence-electron chi connectivity index (χ1n) is 12.8. The van der Waals surface area contributed by atoms with Gasteiger partial charge in [0.15, 0.2) is 0 Å². The summed E-state index contributed by atoms with van der Waals surface area (Å²) in [5, 5.41) is 15.7. The average molecular weight is 572 g/mol. The highest BCUT2D eigenvalue weighted by Crippen LogP contribution is 2.42. The van der Waals surface area contributed by atoms with E-state index in [9.17, 15) is 19.5 Å². The summed E-state index contributed by atoms with van der Waals surface area (Å²) >= 11 is 6.39. The normalized spacial score (nSPS) is 18.4. The van der Waals surface area contributed by atoms with Crippen LogP contribution in [0.2, 0.25) is 5.02 Å². The minimum absolute atomic E-state index is 0.0984. The second-order valence-corrected chi connectivity index (χ2v) is 10.1. The summed E-state index contributed by atoms with van der Waals surface area (Å²) in [4.78, 5) is 45.5. The number of pyridine rings is 2. The molecule has 3 amide bonds. The van der Waals surface area contributed by atoms with Gasteiger partial charge in [0, 0.05) is 35.8 Å². The Morgan fingerprint density at radius 1 is 1.18 bits per heavy atom. The number of benzene rings is 1. The quantitative estimate of drug-likeness (QED) is 0.384. The van der Waals surface area contributed by atoms with Crippen LogP contribution in [0.15, 0.2) is 24.5 Å². The Labute approximate surface area is 233 Å². The first-order valence-corrected chi connectivity index (χ1v) is 13.2. The number of ether oxygens (including phenoxy) is 2. The number of hydrogen-bond acceptors (Lipinski definition) is 7. The molecule has 5 rings (SSSR count). The summed E-state index contributed by atoms with van der Waals surface area (Å²) in [7, 11) is 0. The van der Waals surface area contributed by atoms with Gasteiger partial charge in [0.1, 0.15) is 30.0 Å². The van der Waals surface area contributed by atoms with E-state index in [1.54, 1.807) is 6.92 Å². The predicted octanol–water partition coefficient (Wildman–Crippen LogP) is 5.27. The molecule has 0 saturated heterocycles. The molecule has 13 heteroatoms. The lowest BCUT2D eigenvalue weighted by Gasteiger charge is -2.31. The highest BCUT2D eigenvalue weighted by atomic mass is 35.5. The molecule has 210 valence electrons. The number of anilines is 2. The standard InChI is InChI=1S/C27H27ClFN5O6/c1-13-17(11-31-25-24(13)34(27(37)38)7-8-39-25)16-9-15-10-21(30-12-18(15)22(28)23(16)29)33-26(36)40-20-6-4-3-5-19(20)32-14(2)35/h9-12,19-20H,3-8H2,1-2H3,(H,32,35)(H,37,38)(H,30,33,36)/t19-,20-/m1/s1. The first-order chi connectivity index (χ1) is 19.1. The van der Waals surface area contributed by atoms with E-state index in [1.807, 2.05) is 0 Å². The van der Waals surface area contributed by atoms with Gasteiger partial charge in [-0.2, -0.15) is 0 Å². The summed E-state index contributed by atoms with van der Waals surface area (Å²) in [5.41, 5.74) is 1.13. The molecule has 0 bridgehead atoms. The van der Waals surface area contributed by atoms with E-state index in [0.717, 1.165) is 17.7 Å². The topological polar surface area (TPSA) is 143 Å². The Balaban J connectivity index is 1.45. The molecular weight excluding hydrogens is 545 g/mol. The Kier molecular flexibility index (Phi) is 7.61. The summed E-state index contributed by atoms with van der Waals surface area (Å²) in [6.07, 6.45) is 3.53. The van der Waals surface area contributed by atoms with Crippen LogP contribution in [-0.2, 0) is 9.53 Å². The van der Waals surface area contributed by atoms with E-state index < -0.39 is 24.1 Å². The fraction of sp³-hybridized carbons (Fsp3) is 0.370. The van der Waals surface area contributed by atoms with Gasteiger partial charge in [-0.15, -0.1) is 0 Å².